The topological polar surface area (TPSA) is 134 Å². The van der Waals surface area contributed by atoms with Gasteiger partial charge < -0.3 is 9.15 Å². The van der Waals surface area contributed by atoms with E-state index in [0.717, 1.165) is 10.6 Å². The number of aliphatic imine (C=N–C) groups is 1. The molecule has 10 nitrogen and oxygen atoms in total. The van der Waals surface area contributed by atoms with Crippen molar-refractivity contribution in [1.82, 2.24) is 5.01 Å². The van der Waals surface area contributed by atoms with E-state index in [-0.39, 0.29) is 34.2 Å². The summed E-state index contributed by atoms with van der Waals surface area (Å²) in [4.78, 5) is 27.9. The molecule has 0 unspecified atom stereocenters. The standard InChI is InChI=1S/C25H19N5O5S/c1-2-34-16-8-10-18(20(14-16)30(32)33)21-11-9-17(35-21)13-19-23(26)29-25(27-24(19)31)36-22(28-29)12-15-6-4-3-5-7-15/h3-11,13-14,26H,2,12H2,1H3/b19-13+,26-23?. The van der Waals surface area contributed by atoms with Gasteiger partial charge in [0.2, 0.25) is 5.17 Å². The van der Waals surface area contributed by atoms with Gasteiger partial charge in [-0.05, 0) is 54.6 Å². The molecule has 0 spiro atoms. The Morgan fingerprint density at radius 1 is 1.19 bits per heavy atom. The van der Waals surface area contributed by atoms with E-state index in [1.54, 1.807) is 31.2 Å². The number of amides is 1. The maximum atomic E-state index is 12.7. The largest absolute Gasteiger partial charge is 0.494 e. The van der Waals surface area contributed by atoms with E-state index in [9.17, 15) is 14.9 Å². The van der Waals surface area contributed by atoms with E-state index < -0.39 is 10.8 Å². The van der Waals surface area contributed by atoms with Gasteiger partial charge in [0.15, 0.2) is 5.84 Å². The van der Waals surface area contributed by atoms with Crippen LogP contribution >= 0.6 is 11.8 Å². The van der Waals surface area contributed by atoms with Gasteiger partial charge in [-0.25, -0.2) is 0 Å². The van der Waals surface area contributed by atoms with Gasteiger partial charge in [-0.2, -0.15) is 15.1 Å². The van der Waals surface area contributed by atoms with Crippen LogP contribution in [0.5, 0.6) is 5.75 Å². The van der Waals surface area contributed by atoms with Crippen molar-refractivity contribution in [1.29, 1.82) is 5.41 Å². The molecule has 1 aromatic heterocycles. The summed E-state index contributed by atoms with van der Waals surface area (Å²) in [6.07, 6.45) is 1.95. The Hall–Kier alpha value is -4.51. The quantitative estimate of drug-likeness (QED) is 0.270. The summed E-state index contributed by atoms with van der Waals surface area (Å²) in [5.41, 5.74) is 1.17. The second-order valence-electron chi connectivity index (χ2n) is 7.75. The predicted molar refractivity (Wildman–Crippen MR) is 137 cm³/mol. The van der Waals surface area contributed by atoms with Crippen LogP contribution in [0.2, 0.25) is 0 Å². The molecule has 1 N–H and O–H groups in total. The minimum absolute atomic E-state index is 0.00570. The SMILES string of the molecule is CCOc1ccc(-c2ccc(/C=C3\C(=N)N4N=C(Cc5ccccc5)SC4=NC3=O)o2)c([N+](=O)[O-])c1. The Morgan fingerprint density at radius 2 is 2.00 bits per heavy atom. The van der Waals surface area contributed by atoms with Gasteiger partial charge in [-0.15, -0.1) is 0 Å². The molecule has 0 aliphatic carbocycles. The van der Waals surface area contributed by atoms with Crippen LogP contribution in [0.15, 0.2) is 80.7 Å². The first kappa shape index (κ1) is 23.2. The number of nitro groups is 1. The van der Waals surface area contributed by atoms with Crippen molar-refractivity contribution in [2.45, 2.75) is 13.3 Å². The lowest BCUT2D eigenvalue weighted by Gasteiger charge is -2.19. The molecule has 36 heavy (non-hydrogen) atoms. The number of ether oxygens (including phenoxy) is 1. The summed E-state index contributed by atoms with van der Waals surface area (Å²) in [6, 6.07) is 17.4. The molecule has 3 aromatic rings. The third-order valence-corrected chi connectivity index (χ3v) is 6.26. The maximum absolute atomic E-state index is 12.7. The number of hydrogen-bond donors (Lipinski definition) is 1. The second kappa shape index (κ2) is 9.62. The van der Waals surface area contributed by atoms with Crippen molar-refractivity contribution < 1.29 is 18.9 Å². The van der Waals surface area contributed by atoms with Gasteiger partial charge in [-0.3, -0.25) is 20.3 Å². The number of furan rings is 1. The van der Waals surface area contributed by atoms with E-state index in [2.05, 4.69) is 10.1 Å². The number of carbonyl (C=O) groups is 1. The summed E-state index contributed by atoms with van der Waals surface area (Å²) in [5.74, 6) is 0.175. The Kier molecular flexibility index (Phi) is 6.21. The normalized spacial score (nSPS) is 16.1. The smallest absolute Gasteiger partial charge is 0.284 e. The van der Waals surface area contributed by atoms with Crippen LogP contribution in [0.3, 0.4) is 0 Å². The molecule has 3 heterocycles. The van der Waals surface area contributed by atoms with E-state index in [0.29, 0.717) is 23.9 Å². The summed E-state index contributed by atoms with van der Waals surface area (Å²) in [6.45, 7) is 2.17. The van der Waals surface area contributed by atoms with Crippen molar-refractivity contribution in [2.75, 3.05) is 6.61 Å². The molecular weight excluding hydrogens is 482 g/mol. The monoisotopic (exact) mass is 501 g/mol. The number of carbonyl (C=O) groups excluding carboxylic acids is 1. The van der Waals surface area contributed by atoms with Gasteiger partial charge in [0.1, 0.15) is 22.3 Å². The number of hydrazone groups is 1. The van der Waals surface area contributed by atoms with Crippen molar-refractivity contribution >= 4 is 45.5 Å². The van der Waals surface area contributed by atoms with Crippen LogP contribution in [0.1, 0.15) is 18.2 Å². The van der Waals surface area contributed by atoms with Gasteiger partial charge in [0.05, 0.1) is 28.7 Å². The van der Waals surface area contributed by atoms with E-state index in [1.807, 2.05) is 30.3 Å². The molecule has 0 atom stereocenters. The van der Waals surface area contributed by atoms with E-state index in [4.69, 9.17) is 14.6 Å². The Bertz CT molecular complexity index is 1470. The number of nitrogens with zero attached hydrogens (tertiary/aromatic N) is 4. The summed E-state index contributed by atoms with van der Waals surface area (Å²) in [5, 5.41) is 27.0. The maximum Gasteiger partial charge on any atom is 0.284 e. The molecule has 0 fully saturated rings. The molecule has 0 saturated heterocycles. The first-order chi connectivity index (χ1) is 17.4. The number of fused-ring (bicyclic) bond motifs is 1. The van der Waals surface area contributed by atoms with Gasteiger partial charge >= 0.3 is 0 Å². The molecule has 2 aromatic carbocycles. The second-order valence-corrected chi connectivity index (χ2v) is 8.79. The lowest BCUT2D eigenvalue weighted by molar-refractivity contribution is -0.384. The Labute approximate surface area is 209 Å². The number of amidine groups is 2. The Morgan fingerprint density at radius 3 is 2.75 bits per heavy atom. The zero-order valence-electron chi connectivity index (χ0n) is 19.0. The van der Waals surface area contributed by atoms with Crippen molar-refractivity contribution in [3.8, 4) is 17.1 Å². The van der Waals surface area contributed by atoms with Crippen LogP contribution < -0.4 is 4.74 Å². The molecule has 2 aliphatic rings. The number of benzene rings is 2. The fourth-order valence-electron chi connectivity index (χ4n) is 3.72. The first-order valence-electron chi connectivity index (χ1n) is 11.0. The van der Waals surface area contributed by atoms with Gasteiger partial charge in [0, 0.05) is 6.42 Å². The number of nitro benzene ring substituents is 1. The fraction of sp³-hybridized carbons (Fsp3) is 0.120. The van der Waals surface area contributed by atoms with Crippen LogP contribution in [0.4, 0.5) is 5.69 Å². The first-order valence-corrected chi connectivity index (χ1v) is 11.8. The average Bonchev–Trinajstić information content (AvgIpc) is 3.49. The van der Waals surface area contributed by atoms with Crippen molar-refractivity contribution in [2.24, 2.45) is 10.1 Å². The van der Waals surface area contributed by atoms with Crippen LogP contribution in [-0.4, -0.2) is 38.5 Å². The molecule has 0 saturated carbocycles. The summed E-state index contributed by atoms with van der Waals surface area (Å²) < 4.78 is 11.1. The van der Waals surface area contributed by atoms with E-state index in [1.165, 1.54) is 28.9 Å². The highest BCUT2D eigenvalue weighted by molar-refractivity contribution is 8.26. The average molecular weight is 502 g/mol. The molecule has 2 aliphatic heterocycles. The fourth-order valence-corrected chi connectivity index (χ4v) is 4.64. The summed E-state index contributed by atoms with van der Waals surface area (Å²) in [7, 11) is 0. The van der Waals surface area contributed by atoms with Crippen molar-refractivity contribution in [3.63, 3.8) is 0 Å². The zero-order chi connectivity index (χ0) is 25.2. The molecule has 180 valence electrons. The third-order valence-electron chi connectivity index (χ3n) is 5.35. The van der Waals surface area contributed by atoms with E-state index >= 15 is 0 Å². The molecule has 0 radical (unpaired) electrons. The van der Waals surface area contributed by atoms with Gasteiger partial charge in [0.25, 0.3) is 11.6 Å². The Balaban J connectivity index is 1.40. The predicted octanol–water partition coefficient (Wildman–Crippen LogP) is 5.12. The highest BCUT2D eigenvalue weighted by Gasteiger charge is 2.35. The summed E-state index contributed by atoms with van der Waals surface area (Å²) >= 11 is 1.26. The molecular formula is C25H19N5O5S. The molecule has 0 bridgehead atoms. The molecule has 1 amide bonds. The van der Waals surface area contributed by atoms with Crippen LogP contribution in [-0.2, 0) is 11.2 Å². The minimum atomic E-state index is -0.583. The number of nitrogens with one attached hydrogen (secondary N) is 1. The number of hydrogen-bond acceptors (Lipinski definition) is 8. The highest BCUT2D eigenvalue weighted by atomic mass is 32.2. The minimum Gasteiger partial charge on any atom is -0.494 e. The third kappa shape index (κ3) is 4.56. The van der Waals surface area contributed by atoms with Crippen LogP contribution in [0, 0.1) is 15.5 Å². The number of thioether (sulfide) groups is 1. The van der Waals surface area contributed by atoms with Crippen LogP contribution in [0.25, 0.3) is 17.4 Å². The van der Waals surface area contributed by atoms with Gasteiger partial charge in [-0.1, -0.05) is 30.3 Å². The lowest BCUT2D eigenvalue weighted by atomic mass is 10.1. The lowest BCUT2D eigenvalue weighted by Crippen LogP contribution is -2.35. The molecule has 11 heteroatoms. The molecule has 5 rings (SSSR count). The highest BCUT2D eigenvalue weighted by Crippen LogP contribution is 2.35. The zero-order valence-corrected chi connectivity index (χ0v) is 19.8. The van der Waals surface area contributed by atoms with Crippen molar-refractivity contribution in [3.05, 3.63) is 87.7 Å². The number of rotatable bonds is 7.